The van der Waals surface area contributed by atoms with Crippen LogP contribution in [0.2, 0.25) is 0 Å². The van der Waals surface area contributed by atoms with E-state index in [-0.39, 0.29) is 31.0 Å². The van der Waals surface area contributed by atoms with E-state index in [1.165, 1.54) is 0 Å². The SMILES string of the molecule is O=C(NCCCS(=O)(=O)O)c1cccc2c1cc1ccccc1[n+]2CCCS(=O)(=O)O. The fourth-order valence-electron chi connectivity index (χ4n) is 3.48. The number of pyridine rings is 1. The van der Waals surface area contributed by atoms with Crippen LogP contribution in [0.5, 0.6) is 0 Å². The molecule has 0 saturated carbocycles. The third kappa shape index (κ3) is 6.20. The molecule has 0 unspecified atom stereocenters. The predicted molar refractivity (Wildman–Crippen MR) is 116 cm³/mol. The predicted octanol–water partition coefficient (Wildman–Crippen LogP) is 1.57. The highest BCUT2D eigenvalue weighted by Crippen LogP contribution is 2.22. The van der Waals surface area contributed by atoms with E-state index in [0.29, 0.717) is 17.5 Å². The largest absolute Gasteiger partial charge is 0.352 e. The number of nitrogens with one attached hydrogen (secondary N) is 1. The van der Waals surface area contributed by atoms with Crippen molar-refractivity contribution < 1.29 is 35.3 Å². The van der Waals surface area contributed by atoms with Crippen molar-refractivity contribution >= 4 is 47.9 Å². The molecule has 3 aromatic rings. The van der Waals surface area contributed by atoms with Crippen molar-refractivity contribution in [2.45, 2.75) is 19.4 Å². The van der Waals surface area contributed by atoms with Gasteiger partial charge in [0.2, 0.25) is 11.0 Å². The lowest BCUT2D eigenvalue weighted by Gasteiger charge is -2.10. The Morgan fingerprint density at radius 3 is 2.23 bits per heavy atom. The molecule has 1 aromatic heterocycles. The van der Waals surface area contributed by atoms with Gasteiger partial charge in [0, 0.05) is 30.5 Å². The molecule has 3 N–H and O–H groups in total. The van der Waals surface area contributed by atoms with E-state index in [2.05, 4.69) is 5.32 Å². The standard InChI is InChI=1S/C20H22N2O7S2/c23-20(21-10-4-12-30(24,25)26)16-7-3-9-19-17(16)14-15-6-1-2-8-18(15)22(19)11-5-13-31(27,28)29/h1-3,6-9,14H,4-5,10-13H2,(H2-,21,23,24,25,26,27,28,29)/p+1. The number of amides is 1. The number of rotatable bonds is 9. The molecule has 0 atom stereocenters. The summed E-state index contributed by atoms with van der Waals surface area (Å²) in [4.78, 5) is 12.7. The number of para-hydroxylation sites is 1. The first-order valence-electron chi connectivity index (χ1n) is 9.58. The number of hydrogen-bond acceptors (Lipinski definition) is 5. The monoisotopic (exact) mass is 467 g/mol. The van der Waals surface area contributed by atoms with Crippen LogP contribution in [0.4, 0.5) is 0 Å². The molecule has 2 aromatic carbocycles. The van der Waals surface area contributed by atoms with E-state index in [9.17, 15) is 21.6 Å². The molecular formula is C20H23N2O7S2+. The van der Waals surface area contributed by atoms with Gasteiger partial charge >= 0.3 is 0 Å². The molecule has 1 amide bonds. The zero-order valence-electron chi connectivity index (χ0n) is 16.6. The van der Waals surface area contributed by atoms with Crippen LogP contribution in [-0.2, 0) is 26.8 Å². The Bertz CT molecular complexity index is 1340. The van der Waals surface area contributed by atoms with E-state index in [4.69, 9.17) is 9.11 Å². The van der Waals surface area contributed by atoms with Crippen molar-refractivity contribution in [3.63, 3.8) is 0 Å². The Hall–Kier alpha value is -2.60. The van der Waals surface area contributed by atoms with Gasteiger partial charge < -0.3 is 5.32 Å². The second kappa shape index (κ2) is 9.27. The molecule has 0 aliphatic carbocycles. The number of aryl methyl sites for hydroxylation is 1. The van der Waals surface area contributed by atoms with Crippen LogP contribution in [0.1, 0.15) is 23.2 Å². The molecule has 0 radical (unpaired) electrons. The minimum absolute atomic E-state index is 0.0773. The van der Waals surface area contributed by atoms with Gasteiger partial charge in [0.1, 0.15) is 0 Å². The number of carbonyl (C=O) groups excluding carboxylic acids is 1. The van der Waals surface area contributed by atoms with Gasteiger partial charge in [0.15, 0.2) is 6.54 Å². The summed E-state index contributed by atoms with van der Waals surface area (Å²) in [7, 11) is -8.17. The van der Waals surface area contributed by atoms with Crippen LogP contribution in [-0.4, -0.2) is 49.9 Å². The van der Waals surface area contributed by atoms with Crippen LogP contribution in [0.25, 0.3) is 21.8 Å². The van der Waals surface area contributed by atoms with Crippen molar-refractivity contribution in [3.05, 3.63) is 54.1 Å². The molecule has 11 heteroatoms. The van der Waals surface area contributed by atoms with Gasteiger partial charge in [-0.2, -0.15) is 21.4 Å². The fourth-order valence-corrected chi connectivity index (χ4v) is 4.48. The molecule has 0 aliphatic rings. The van der Waals surface area contributed by atoms with Crippen molar-refractivity contribution in [3.8, 4) is 0 Å². The van der Waals surface area contributed by atoms with Gasteiger partial charge in [-0.25, -0.2) is 0 Å². The molecule has 0 saturated heterocycles. The molecule has 0 spiro atoms. The van der Waals surface area contributed by atoms with E-state index >= 15 is 0 Å². The second-order valence-corrected chi connectivity index (χ2v) is 10.3. The molecule has 1 heterocycles. The van der Waals surface area contributed by atoms with Gasteiger partial charge in [-0.05, 0) is 24.6 Å². The Morgan fingerprint density at radius 1 is 0.871 bits per heavy atom. The number of fused-ring (bicyclic) bond motifs is 2. The van der Waals surface area contributed by atoms with Crippen molar-refractivity contribution in [2.24, 2.45) is 0 Å². The van der Waals surface area contributed by atoms with Crippen LogP contribution >= 0.6 is 0 Å². The van der Waals surface area contributed by atoms with Gasteiger partial charge in [0.05, 0.1) is 22.5 Å². The lowest BCUT2D eigenvalue weighted by atomic mass is 10.0. The van der Waals surface area contributed by atoms with E-state index in [0.717, 1.165) is 16.4 Å². The summed E-state index contributed by atoms with van der Waals surface area (Å²) < 4.78 is 63.6. The molecule has 0 aliphatic heterocycles. The van der Waals surface area contributed by atoms with Crippen molar-refractivity contribution in [1.29, 1.82) is 0 Å². The Labute approximate surface area is 180 Å². The highest BCUT2D eigenvalue weighted by Gasteiger charge is 2.20. The van der Waals surface area contributed by atoms with Crippen LogP contribution in [0, 0.1) is 0 Å². The molecule has 0 fully saturated rings. The van der Waals surface area contributed by atoms with Gasteiger partial charge in [-0.15, -0.1) is 0 Å². The second-order valence-electron chi connectivity index (χ2n) is 7.13. The summed E-state index contributed by atoms with van der Waals surface area (Å²) in [5.41, 5.74) is 1.97. The molecule has 0 bridgehead atoms. The third-order valence-corrected chi connectivity index (χ3v) is 6.40. The van der Waals surface area contributed by atoms with Gasteiger partial charge in [-0.3, -0.25) is 13.9 Å². The maximum atomic E-state index is 12.7. The first kappa shape index (κ1) is 23.1. The first-order valence-corrected chi connectivity index (χ1v) is 12.8. The number of nitrogens with zero attached hydrogens (tertiary/aromatic N) is 1. The van der Waals surface area contributed by atoms with Crippen LogP contribution < -0.4 is 9.88 Å². The summed E-state index contributed by atoms with van der Waals surface area (Å²) in [5.74, 6) is -1.21. The number of hydrogen-bond donors (Lipinski definition) is 3. The first-order chi connectivity index (χ1) is 14.6. The van der Waals surface area contributed by atoms with E-state index in [1.54, 1.807) is 12.1 Å². The minimum Gasteiger partial charge on any atom is -0.352 e. The maximum Gasteiger partial charge on any atom is 0.265 e. The number of carbonyl (C=O) groups is 1. The highest BCUT2D eigenvalue weighted by atomic mass is 32.2. The summed E-state index contributed by atoms with van der Waals surface area (Å²) in [6, 6.07) is 14.6. The molecule has 166 valence electrons. The topological polar surface area (TPSA) is 142 Å². The molecule has 31 heavy (non-hydrogen) atoms. The zero-order chi connectivity index (χ0) is 22.6. The van der Waals surface area contributed by atoms with Gasteiger partial charge in [-0.1, -0.05) is 18.2 Å². The maximum absolute atomic E-state index is 12.7. The lowest BCUT2D eigenvalue weighted by Crippen LogP contribution is -2.37. The highest BCUT2D eigenvalue weighted by molar-refractivity contribution is 7.86. The fraction of sp³-hybridized carbons (Fsp3) is 0.300. The summed E-state index contributed by atoms with van der Waals surface area (Å²) in [5, 5.41) is 4.17. The Kier molecular flexibility index (Phi) is 6.90. The van der Waals surface area contributed by atoms with E-state index in [1.807, 2.05) is 41.0 Å². The average Bonchev–Trinajstić information content (AvgIpc) is 2.68. The quantitative estimate of drug-likeness (QED) is 0.188. The number of benzene rings is 2. The molecule has 9 nitrogen and oxygen atoms in total. The Balaban J connectivity index is 1.96. The van der Waals surface area contributed by atoms with Crippen LogP contribution in [0.15, 0.2) is 48.5 Å². The normalized spacial score (nSPS) is 12.3. The van der Waals surface area contributed by atoms with E-state index < -0.39 is 26.0 Å². The van der Waals surface area contributed by atoms with Gasteiger partial charge in [0.25, 0.3) is 26.1 Å². The third-order valence-electron chi connectivity index (χ3n) is 4.79. The Morgan fingerprint density at radius 2 is 1.52 bits per heavy atom. The molecule has 3 rings (SSSR count). The summed E-state index contributed by atoms with van der Waals surface area (Å²) in [6.45, 7) is 0.397. The van der Waals surface area contributed by atoms with Crippen molar-refractivity contribution in [2.75, 3.05) is 18.1 Å². The van der Waals surface area contributed by atoms with Crippen molar-refractivity contribution in [1.82, 2.24) is 5.32 Å². The molecular weight excluding hydrogens is 444 g/mol. The minimum atomic E-state index is -4.09. The smallest absolute Gasteiger partial charge is 0.265 e. The zero-order valence-corrected chi connectivity index (χ0v) is 18.2. The van der Waals surface area contributed by atoms with Crippen LogP contribution in [0.3, 0.4) is 0 Å². The summed E-state index contributed by atoms with van der Waals surface area (Å²) in [6.07, 6.45) is 0.270. The summed E-state index contributed by atoms with van der Waals surface area (Å²) >= 11 is 0. The lowest BCUT2D eigenvalue weighted by molar-refractivity contribution is -0.645. The number of aromatic nitrogens is 1. The average molecular weight is 468 g/mol.